The lowest BCUT2D eigenvalue weighted by Gasteiger charge is -2.13. The van der Waals surface area contributed by atoms with Gasteiger partial charge in [-0.05, 0) is 41.5 Å². The van der Waals surface area contributed by atoms with E-state index in [0.29, 0.717) is 12.1 Å². The number of nitrogens with zero attached hydrogens (tertiary/aromatic N) is 6. The lowest BCUT2D eigenvalue weighted by atomic mass is 9.93. The third-order valence-corrected chi connectivity index (χ3v) is 3.46. The Kier molecular flexibility index (Phi) is 5.85. The monoisotopic (exact) mass is 306 g/mol. The lowest BCUT2D eigenvalue weighted by Crippen LogP contribution is -2.11. The molecule has 2 aromatic heterocycles. The van der Waals surface area contributed by atoms with Crippen LogP contribution in [0.1, 0.15) is 77.6 Å². The molecule has 0 saturated heterocycles. The molecular formula is C16H30N6. The fraction of sp³-hybridized carbons (Fsp3) is 0.750. The fourth-order valence-corrected chi connectivity index (χ4v) is 1.78. The number of aryl methyl sites for hydroxylation is 1. The Balaban J connectivity index is 0.000000224. The first-order valence-corrected chi connectivity index (χ1v) is 7.84. The van der Waals surface area contributed by atoms with E-state index in [1.54, 1.807) is 0 Å². The summed E-state index contributed by atoms with van der Waals surface area (Å²) >= 11 is 0. The second-order valence-electron chi connectivity index (χ2n) is 7.23. The zero-order chi connectivity index (χ0) is 17.1. The van der Waals surface area contributed by atoms with Crippen LogP contribution in [0, 0.1) is 13.8 Å². The molecule has 2 rings (SSSR count). The van der Waals surface area contributed by atoms with Crippen molar-refractivity contribution in [3.05, 3.63) is 23.3 Å². The minimum absolute atomic E-state index is 0.104. The van der Waals surface area contributed by atoms with Gasteiger partial charge in [0.1, 0.15) is 0 Å². The van der Waals surface area contributed by atoms with E-state index in [0.717, 1.165) is 17.1 Å². The molecule has 0 N–H and O–H groups in total. The van der Waals surface area contributed by atoms with Gasteiger partial charge in [-0.15, -0.1) is 10.2 Å². The standard InChI is InChI=1S/C9H17N3.C7H13N3/c1-7(2)12-6-8(10-11-12)9(3,4)5;1-5(2)10-7(4)6(3)8-9-10/h6-7H,1-5H3;5H,1-4H3. The third-order valence-electron chi connectivity index (χ3n) is 3.46. The van der Waals surface area contributed by atoms with Crippen LogP contribution in [0.4, 0.5) is 0 Å². The molecule has 2 aromatic rings. The molecule has 2 heterocycles. The first-order chi connectivity index (χ1) is 10.0. The molecule has 0 bridgehead atoms. The van der Waals surface area contributed by atoms with E-state index in [2.05, 4.69) is 69.1 Å². The van der Waals surface area contributed by atoms with Gasteiger partial charge in [0.25, 0.3) is 0 Å². The summed E-state index contributed by atoms with van der Waals surface area (Å²) in [5.41, 5.74) is 3.34. The van der Waals surface area contributed by atoms with E-state index in [1.807, 2.05) is 29.4 Å². The van der Waals surface area contributed by atoms with Gasteiger partial charge in [-0.25, -0.2) is 9.36 Å². The summed E-state index contributed by atoms with van der Waals surface area (Å²) < 4.78 is 3.82. The summed E-state index contributed by atoms with van der Waals surface area (Å²) in [7, 11) is 0. The maximum atomic E-state index is 4.12. The quantitative estimate of drug-likeness (QED) is 0.850. The van der Waals surface area contributed by atoms with E-state index in [-0.39, 0.29) is 5.41 Å². The highest BCUT2D eigenvalue weighted by Crippen LogP contribution is 2.19. The molecule has 0 spiro atoms. The molecule has 0 aliphatic carbocycles. The van der Waals surface area contributed by atoms with Gasteiger partial charge in [-0.1, -0.05) is 31.2 Å². The van der Waals surface area contributed by atoms with Crippen molar-refractivity contribution >= 4 is 0 Å². The molecule has 0 aromatic carbocycles. The molecule has 0 amide bonds. The first-order valence-electron chi connectivity index (χ1n) is 7.84. The Labute approximate surface area is 133 Å². The van der Waals surface area contributed by atoms with Crippen molar-refractivity contribution in [3.63, 3.8) is 0 Å². The number of hydrogen-bond donors (Lipinski definition) is 0. The molecule has 124 valence electrons. The minimum atomic E-state index is 0.104. The second-order valence-corrected chi connectivity index (χ2v) is 7.23. The molecule has 0 saturated carbocycles. The average molecular weight is 306 g/mol. The highest BCUT2D eigenvalue weighted by molar-refractivity contribution is 5.06. The molecule has 0 aliphatic heterocycles. The van der Waals surface area contributed by atoms with Crippen molar-refractivity contribution in [3.8, 4) is 0 Å². The van der Waals surface area contributed by atoms with Crippen LogP contribution >= 0.6 is 0 Å². The lowest BCUT2D eigenvalue weighted by molar-refractivity contribution is 0.502. The van der Waals surface area contributed by atoms with Crippen LogP contribution in [-0.4, -0.2) is 30.0 Å². The molecule has 0 aliphatic rings. The molecule has 0 fully saturated rings. The van der Waals surface area contributed by atoms with E-state index in [4.69, 9.17) is 0 Å². The molecule has 6 heteroatoms. The molecule has 6 nitrogen and oxygen atoms in total. The van der Waals surface area contributed by atoms with E-state index >= 15 is 0 Å². The van der Waals surface area contributed by atoms with Crippen molar-refractivity contribution in [1.82, 2.24) is 30.0 Å². The van der Waals surface area contributed by atoms with Crippen LogP contribution in [0.2, 0.25) is 0 Å². The van der Waals surface area contributed by atoms with Crippen molar-refractivity contribution in [2.45, 2.75) is 79.8 Å². The van der Waals surface area contributed by atoms with E-state index in [1.165, 1.54) is 0 Å². The Hall–Kier alpha value is -1.72. The van der Waals surface area contributed by atoms with Crippen molar-refractivity contribution in [2.24, 2.45) is 0 Å². The molecular weight excluding hydrogens is 276 g/mol. The predicted molar refractivity (Wildman–Crippen MR) is 89.0 cm³/mol. The van der Waals surface area contributed by atoms with Gasteiger partial charge in [0, 0.05) is 23.7 Å². The summed E-state index contributed by atoms with van der Waals surface area (Å²) in [5, 5.41) is 16.1. The van der Waals surface area contributed by atoms with Crippen LogP contribution in [0.5, 0.6) is 0 Å². The summed E-state index contributed by atoms with van der Waals surface area (Å²) in [5.74, 6) is 0. The van der Waals surface area contributed by atoms with Crippen LogP contribution < -0.4 is 0 Å². The van der Waals surface area contributed by atoms with Gasteiger partial charge < -0.3 is 0 Å². The number of aromatic nitrogens is 6. The summed E-state index contributed by atoms with van der Waals surface area (Å²) in [4.78, 5) is 0. The molecule has 0 radical (unpaired) electrons. The van der Waals surface area contributed by atoms with Crippen molar-refractivity contribution in [1.29, 1.82) is 0 Å². The summed E-state index contributed by atoms with van der Waals surface area (Å²) in [6, 6.07) is 0.815. The van der Waals surface area contributed by atoms with Gasteiger partial charge in [-0.3, -0.25) is 0 Å². The Morgan fingerprint density at radius 3 is 1.73 bits per heavy atom. The minimum Gasteiger partial charge on any atom is -0.250 e. The van der Waals surface area contributed by atoms with E-state index in [9.17, 15) is 0 Å². The number of hydrogen-bond acceptors (Lipinski definition) is 4. The largest absolute Gasteiger partial charge is 0.250 e. The summed E-state index contributed by atoms with van der Waals surface area (Å²) in [6.45, 7) is 18.8. The smallest absolute Gasteiger partial charge is 0.0880 e. The SMILES string of the molecule is CC(C)n1cc(C(C)(C)C)nn1.Cc1nnn(C(C)C)c1C. The topological polar surface area (TPSA) is 61.4 Å². The first kappa shape index (κ1) is 18.3. The zero-order valence-corrected chi connectivity index (χ0v) is 15.4. The van der Waals surface area contributed by atoms with E-state index < -0.39 is 0 Å². The van der Waals surface area contributed by atoms with Crippen LogP contribution in [0.3, 0.4) is 0 Å². The van der Waals surface area contributed by atoms with Crippen LogP contribution in [0.15, 0.2) is 6.20 Å². The van der Waals surface area contributed by atoms with Crippen molar-refractivity contribution < 1.29 is 0 Å². The summed E-state index contributed by atoms with van der Waals surface area (Å²) in [6.07, 6.45) is 2.02. The fourth-order valence-electron chi connectivity index (χ4n) is 1.78. The third kappa shape index (κ3) is 4.64. The molecule has 0 atom stereocenters. The van der Waals surface area contributed by atoms with Gasteiger partial charge >= 0.3 is 0 Å². The predicted octanol–water partition coefficient (Wildman–Crippen LogP) is 3.63. The van der Waals surface area contributed by atoms with Gasteiger partial charge in [0.2, 0.25) is 0 Å². The van der Waals surface area contributed by atoms with Crippen LogP contribution in [0.25, 0.3) is 0 Å². The maximum Gasteiger partial charge on any atom is 0.0880 e. The normalized spacial score (nSPS) is 11.8. The number of rotatable bonds is 2. The highest BCUT2D eigenvalue weighted by Gasteiger charge is 2.18. The van der Waals surface area contributed by atoms with Crippen LogP contribution in [-0.2, 0) is 5.41 Å². The Bertz CT molecular complexity index is 586. The zero-order valence-electron chi connectivity index (χ0n) is 15.4. The average Bonchev–Trinajstić information content (AvgIpc) is 2.98. The van der Waals surface area contributed by atoms with Gasteiger partial charge in [0.15, 0.2) is 0 Å². The van der Waals surface area contributed by atoms with Gasteiger partial charge in [-0.2, -0.15) is 0 Å². The second kappa shape index (κ2) is 7.03. The molecule has 0 unspecified atom stereocenters. The Morgan fingerprint density at radius 1 is 0.909 bits per heavy atom. The maximum absolute atomic E-state index is 4.12. The molecule has 22 heavy (non-hydrogen) atoms. The van der Waals surface area contributed by atoms with Gasteiger partial charge in [0.05, 0.1) is 17.1 Å². The Morgan fingerprint density at radius 2 is 1.50 bits per heavy atom. The highest BCUT2D eigenvalue weighted by atomic mass is 15.4. The van der Waals surface area contributed by atoms with Crippen molar-refractivity contribution in [2.75, 3.05) is 0 Å².